The van der Waals surface area contributed by atoms with Gasteiger partial charge in [0.15, 0.2) is 0 Å². The molecule has 1 aliphatic rings. The van der Waals surface area contributed by atoms with Gasteiger partial charge in [-0.2, -0.15) is 0 Å². The topological polar surface area (TPSA) is 58.9 Å². The molecule has 0 radical (unpaired) electrons. The lowest BCUT2D eigenvalue weighted by atomic mass is 9.91. The van der Waals surface area contributed by atoms with Gasteiger partial charge in [-0.15, -0.1) is 0 Å². The second-order valence-corrected chi connectivity index (χ2v) is 6.88. The van der Waals surface area contributed by atoms with Crippen LogP contribution < -0.4 is 5.32 Å². The predicted molar refractivity (Wildman–Crippen MR) is 102 cm³/mol. The highest BCUT2D eigenvalue weighted by molar-refractivity contribution is 5.52. The van der Waals surface area contributed by atoms with E-state index in [-0.39, 0.29) is 0 Å². The molecule has 4 heterocycles. The van der Waals surface area contributed by atoms with Gasteiger partial charge in [-0.25, -0.2) is 15.0 Å². The van der Waals surface area contributed by atoms with Gasteiger partial charge >= 0.3 is 0 Å². The van der Waals surface area contributed by atoms with Crippen molar-refractivity contribution in [3.05, 3.63) is 66.5 Å². The average Bonchev–Trinajstić information content (AvgIpc) is 3.08. The Morgan fingerprint density at radius 1 is 1.15 bits per heavy atom. The molecule has 4 rings (SSSR count). The van der Waals surface area contributed by atoms with E-state index in [0.29, 0.717) is 5.92 Å². The fourth-order valence-corrected chi connectivity index (χ4v) is 3.57. The van der Waals surface area contributed by atoms with Gasteiger partial charge in [-0.05, 0) is 55.1 Å². The van der Waals surface area contributed by atoms with Gasteiger partial charge in [0, 0.05) is 38.7 Å². The molecule has 1 fully saturated rings. The van der Waals surface area contributed by atoms with E-state index in [1.165, 1.54) is 24.1 Å². The van der Waals surface area contributed by atoms with Crippen LogP contribution in [0.15, 0.2) is 55.2 Å². The molecular weight excluding hydrogens is 324 g/mol. The Balaban J connectivity index is 1.45. The monoisotopic (exact) mass is 348 g/mol. The highest BCUT2D eigenvalue weighted by Gasteiger charge is 2.22. The molecule has 6 nitrogen and oxygen atoms in total. The molecule has 1 saturated heterocycles. The van der Waals surface area contributed by atoms with Gasteiger partial charge in [0.2, 0.25) is 0 Å². The summed E-state index contributed by atoms with van der Waals surface area (Å²) in [7, 11) is 2.06. The van der Waals surface area contributed by atoms with E-state index in [9.17, 15) is 0 Å². The van der Waals surface area contributed by atoms with Crippen LogP contribution in [-0.4, -0.2) is 37.5 Å². The second-order valence-electron chi connectivity index (χ2n) is 6.88. The fraction of sp³-hybridized carbons (Fsp3) is 0.350. The summed E-state index contributed by atoms with van der Waals surface area (Å²) in [4.78, 5) is 15.5. The Kier molecular flexibility index (Phi) is 4.93. The Morgan fingerprint density at radius 2 is 2.08 bits per heavy atom. The molecule has 0 aromatic carbocycles. The summed E-state index contributed by atoms with van der Waals surface area (Å²) in [6.07, 6.45) is 9.94. The first-order valence-electron chi connectivity index (χ1n) is 9.09. The first kappa shape index (κ1) is 16.7. The molecule has 134 valence electrons. The van der Waals surface area contributed by atoms with Crippen molar-refractivity contribution in [2.45, 2.75) is 25.3 Å². The first-order chi connectivity index (χ1) is 12.8. The Morgan fingerprint density at radius 3 is 2.88 bits per heavy atom. The second kappa shape index (κ2) is 7.66. The van der Waals surface area contributed by atoms with Crippen LogP contribution in [0.5, 0.6) is 0 Å². The first-order valence-corrected chi connectivity index (χ1v) is 9.09. The summed E-state index contributed by atoms with van der Waals surface area (Å²) in [5, 5.41) is 3.29. The van der Waals surface area contributed by atoms with E-state index in [2.05, 4.69) is 48.9 Å². The van der Waals surface area contributed by atoms with Gasteiger partial charge in [0.25, 0.3) is 0 Å². The minimum atomic E-state index is 0.532. The number of aryl methyl sites for hydroxylation is 1. The van der Waals surface area contributed by atoms with Crippen LogP contribution in [0.1, 0.15) is 30.0 Å². The minimum Gasteiger partial charge on any atom is -0.337 e. The Labute approximate surface area is 153 Å². The van der Waals surface area contributed by atoms with E-state index >= 15 is 0 Å². The average molecular weight is 348 g/mol. The molecule has 0 bridgehead atoms. The summed E-state index contributed by atoms with van der Waals surface area (Å²) in [5.41, 5.74) is 2.60. The maximum atomic E-state index is 4.44. The fourth-order valence-electron chi connectivity index (χ4n) is 3.57. The number of hydrogen-bond acceptors (Lipinski definition) is 5. The van der Waals surface area contributed by atoms with Crippen molar-refractivity contribution in [3.8, 4) is 0 Å². The van der Waals surface area contributed by atoms with E-state index < -0.39 is 0 Å². The zero-order valence-corrected chi connectivity index (χ0v) is 15.0. The maximum Gasteiger partial charge on any atom is 0.131 e. The van der Waals surface area contributed by atoms with Crippen molar-refractivity contribution >= 4 is 11.6 Å². The molecular formula is C20H24N6. The zero-order chi connectivity index (χ0) is 17.8. The maximum absolute atomic E-state index is 4.44. The SMILES string of the molecule is Cn1cncc1CN1CCC[C@H](c2ccnc(Nc3ccccn3)c2)C1. The third-order valence-electron chi connectivity index (χ3n) is 4.98. The summed E-state index contributed by atoms with van der Waals surface area (Å²) in [5.74, 6) is 2.20. The van der Waals surface area contributed by atoms with E-state index in [0.717, 1.165) is 31.3 Å². The van der Waals surface area contributed by atoms with E-state index in [1.807, 2.05) is 36.9 Å². The van der Waals surface area contributed by atoms with Crippen molar-refractivity contribution in [2.75, 3.05) is 18.4 Å². The van der Waals surface area contributed by atoms with Crippen LogP contribution in [0.25, 0.3) is 0 Å². The lowest BCUT2D eigenvalue weighted by molar-refractivity contribution is 0.196. The largest absolute Gasteiger partial charge is 0.337 e. The summed E-state index contributed by atoms with van der Waals surface area (Å²) >= 11 is 0. The number of aromatic nitrogens is 4. The summed E-state index contributed by atoms with van der Waals surface area (Å²) < 4.78 is 2.10. The van der Waals surface area contributed by atoms with Crippen molar-refractivity contribution in [1.82, 2.24) is 24.4 Å². The van der Waals surface area contributed by atoms with Crippen LogP contribution in [0.3, 0.4) is 0 Å². The molecule has 0 unspecified atom stereocenters. The number of nitrogens with one attached hydrogen (secondary N) is 1. The number of rotatable bonds is 5. The zero-order valence-electron chi connectivity index (χ0n) is 15.0. The van der Waals surface area contributed by atoms with Gasteiger partial charge in [0.05, 0.1) is 12.0 Å². The predicted octanol–water partition coefficient (Wildman–Crippen LogP) is 3.33. The van der Waals surface area contributed by atoms with Crippen LogP contribution in [0.2, 0.25) is 0 Å². The van der Waals surface area contributed by atoms with Gasteiger partial charge in [-0.3, -0.25) is 4.90 Å². The number of likely N-dealkylation sites (tertiary alicyclic amines) is 1. The standard InChI is InChI=1S/C20H24N6/c1-25-15-21-12-18(25)14-26-10-4-5-17(13-26)16-7-9-23-20(11-16)24-19-6-2-3-8-22-19/h2-3,6-9,11-12,15,17H,4-5,10,13-14H2,1H3,(H,22,23,24)/t17-/m0/s1. The summed E-state index contributed by atoms with van der Waals surface area (Å²) in [6, 6.07) is 10.1. The van der Waals surface area contributed by atoms with Gasteiger partial charge in [0.1, 0.15) is 11.6 Å². The van der Waals surface area contributed by atoms with Gasteiger partial charge < -0.3 is 9.88 Å². The van der Waals surface area contributed by atoms with Crippen LogP contribution in [0, 0.1) is 0 Å². The molecule has 0 spiro atoms. The van der Waals surface area contributed by atoms with Crippen LogP contribution in [0.4, 0.5) is 11.6 Å². The van der Waals surface area contributed by atoms with Crippen molar-refractivity contribution in [1.29, 1.82) is 0 Å². The molecule has 3 aromatic rings. The van der Waals surface area contributed by atoms with Crippen molar-refractivity contribution in [2.24, 2.45) is 7.05 Å². The number of piperidine rings is 1. The highest BCUT2D eigenvalue weighted by atomic mass is 15.2. The van der Waals surface area contributed by atoms with Crippen LogP contribution in [-0.2, 0) is 13.6 Å². The molecule has 1 aliphatic heterocycles. The Hall–Kier alpha value is -2.73. The number of pyridine rings is 2. The van der Waals surface area contributed by atoms with Crippen molar-refractivity contribution < 1.29 is 0 Å². The molecule has 0 aliphatic carbocycles. The number of anilines is 2. The normalized spacial score (nSPS) is 18.0. The highest BCUT2D eigenvalue weighted by Crippen LogP contribution is 2.29. The summed E-state index contributed by atoms with van der Waals surface area (Å²) in [6.45, 7) is 3.17. The van der Waals surface area contributed by atoms with Crippen molar-refractivity contribution in [3.63, 3.8) is 0 Å². The van der Waals surface area contributed by atoms with E-state index in [1.54, 1.807) is 6.20 Å². The van der Waals surface area contributed by atoms with Crippen LogP contribution >= 0.6 is 0 Å². The molecule has 1 N–H and O–H groups in total. The lowest BCUT2D eigenvalue weighted by Crippen LogP contribution is -2.34. The molecule has 6 heteroatoms. The molecule has 0 saturated carbocycles. The third kappa shape index (κ3) is 3.91. The number of nitrogens with zero attached hydrogens (tertiary/aromatic N) is 5. The molecule has 3 aromatic heterocycles. The molecule has 26 heavy (non-hydrogen) atoms. The van der Waals surface area contributed by atoms with Gasteiger partial charge in [-0.1, -0.05) is 6.07 Å². The quantitative estimate of drug-likeness (QED) is 0.766. The number of imidazole rings is 1. The lowest BCUT2D eigenvalue weighted by Gasteiger charge is -2.33. The minimum absolute atomic E-state index is 0.532. The molecule has 1 atom stereocenters. The number of hydrogen-bond donors (Lipinski definition) is 1. The smallest absolute Gasteiger partial charge is 0.131 e. The van der Waals surface area contributed by atoms with E-state index in [4.69, 9.17) is 0 Å². The molecule has 0 amide bonds. The Bertz CT molecular complexity index is 844. The third-order valence-corrected chi connectivity index (χ3v) is 4.98.